The highest BCUT2D eigenvalue weighted by Crippen LogP contribution is 2.50. The largest absolute Gasteiger partial charge is 0.432 e. The third-order valence-corrected chi connectivity index (χ3v) is 6.29. The molecule has 2 heterocycles. The van der Waals surface area contributed by atoms with Gasteiger partial charge in [-0.15, -0.1) is 0 Å². The number of fused-ring (bicyclic) bond motifs is 1. The maximum atomic E-state index is 13.5. The molecule has 1 aliphatic carbocycles. The molecule has 5 rings (SSSR count). The van der Waals surface area contributed by atoms with E-state index in [4.69, 9.17) is 9.72 Å². The Bertz CT molecular complexity index is 1440. The lowest BCUT2D eigenvalue weighted by Crippen LogP contribution is -2.16. The monoisotopic (exact) mass is 507 g/mol. The Hall–Kier alpha value is -4.33. The number of anilines is 3. The van der Waals surface area contributed by atoms with Crippen molar-refractivity contribution in [2.24, 2.45) is 0 Å². The Labute approximate surface area is 211 Å². The van der Waals surface area contributed by atoms with E-state index in [1.54, 1.807) is 32.2 Å². The lowest BCUT2D eigenvalue weighted by Gasteiger charge is -2.21. The molecule has 37 heavy (non-hydrogen) atoms. The van der Waals surface area contributed by atoms with E-state index in [1.807, 2.05) is 0 Å². The second-order valence-corrected chi connectivity index (χ2v) is 9.36. The Balaban J connectivity index is 1.54. The van der Waals surface area contributed by atoms with Gasteiger partial charge in [0.2, 0.25) is 5.95 Å². The summed E-state index contributed by atoms with van der Waals surface area (Å²) in [5.41, 5.74) is 3.01. The van der Waals surface area contributed by atoms with Gasteiger partial charge in [0.25, 0.3) is 0 Å². The first-order valence-corrected chi connectivity index (χ1v) is 11.6. The molecule has 1 aliphatic rings. The summed E-state index contributed by atoms with van der Waals surface area (Å²) in [6.07, 6.45) is 2.15. The number of nitrogens with one attached hydrogen (secondary N) is 2. The highest BCUT2D eigenvalue weighted by molar-refractivity contribution is 5.65. The van der Waals surface area contributed by atoms with Gasteiger partial charge in [-0.2, -0.15) is 23.3 Å². The lowest BCUT2D eigenvalue weighted by molar-refractivity contribution is -0.0498. The van der Waals surface area contributed by atoms with Crippen molar-refractivity contribution >= 4 is 17.5 Å². The molecule has 0 bridgehead atoms. The van der Waals surface area contributed by atoms with Crippen LogP contribution in [0.25, 0.3) is 5.69 Å². The van der Waals surface area contributed by atoms with Gasteiger partial charge in [-0.25, -0.2) is 14.6 Å². The molecular formula is C26H24F3N7O. The average Bonchev–Trinajstić information content (AvgIpc) is 3.39. The fourth-order valence-corrected chi connectivity index (χ4v) is 4.74. The fraction of sp³-hybridized carbons (Fsp3) is 0.308. The van der Waals surface area contributed by atoms with Crippen LogP contribution in [0.1, 0.15) is 48.8 Å². The molecule has 4 aromatic rings. The number of benzene rings is 1. The van der Waals surface area contributed by atoms with Crippen LogP contribution in [-0.2, 0) is 5.41 Å². The van der Waals surface area contributed by atoms with E-state index < -0.39 is 12.4 Å². The van der Waals surface area contributed by atoms with Crippen molar-refractivity contribution in [1.29, 1.82) is 0 Å². The third-order valence-electron chi connectivity index (χ3n) is 6.29. The molecular weight excluding hydrogens is 483 g/mol. The Morgan fingerprint density at radius 2 is 1.97 bits per heavy atom. The number of halogens is 3. The Kier molecular flexibility index (Phi) is 6.11. The van der Waals surface area contributed by atoms with Crippen LogP contribution in [-0.4, -0.2) is 38.4 Å². The number of ether oxygens (including phenoxy) is 1. The van der Waals surface area contributed by atoms with Crippen molar-refractivity contribution < 1.29 is 17.9 Å². The lowest BCUT2D eigenvalue weighted by atomic mass is 9.85. The molecule has 1 atom stereocenters. The topological polar surface area (TPSA) is 89.8 Å². The summed E-state index contributed by atoms with van der Waals surface area (Å²) in [4.78, 5) is 13.5. The van der Waals surface area contributed by atoms with Crippen LogP contribution in [0.4, 0.5) is 30.6 Å². The molecule has 190 valence electrons. The molecule has 1 unspecified atom stereocenters. The minimum absolute atomic E-state index is 0.0876. The number of aromatic nitrogens is 5. The van der Waals surface area contributed by atoms with Gasteiger partial charge in [-0.05, 0) is 49.1 Å². The van der Waals surface area contributed by atoms with E-state index in [0.29, 0.717) is 23.0 Å². The van der Waals surface area contributed by atoms with Gasteiger partial charge in [0.15, 0.2) is 11.6 Å². The van der Waals surface area contributed by atoms with Crippen molar-refractivity contribution in [3.05, 3.63) is 77.3 Å². The molecule has 8 nitrogen and oxygen atoms in total. The molecule has 2 aromatic heterocycles. The SMILES string of the molecule is CNc1nc(Nc2ccc(-n3cnc(C)n3)c(OC(F)F)c2)nc2c1C(C)(C)CC2c1c#cc(F)cc1. The molecule has 0 spiro atoms. The van der Waals surface area contributed by atoms with E-state index in [1.165, 1.54) is 23.1 Å². The molecule has 0 amide bonds. The van der Waals surface area contributed by atoms with Gasteiger partial charge >= 0.3 is 6.61 Å². The number of hydrogen-bond acceptors (Lipinski definition) is 7. The average molecular weight is 508 g/mol. The normalized spacial score (nSPS) is 15.8. The number of hydrogen-bond donors (Lipinski definition) is 2. The summed E-state index contributed by atoms with van der Waals surface area (Å²) in [5, 5.41) is 10.4. The molecule has 0 saturated carbocycles. The van der Waals surface area contributed by atoms with Crippen LogP contribution >= 0.6 is 0 Å². The molecule has 0 aliphatic heterocycles. The van der Waals surface area contributed by atoms with Crippen LogP contribution in [0.3, 0.4) is 0 Å². The third kappa shape index (κ3) is 4.74. The Morgan fingerprint density at radius 3 is 2.62 bits per heavy atom. The number of nitrogens with zero attached hydrogens (tertiary/aromatic N) is 5. The minimum Gasteiger partial charge on any atom is -0.432 e. The molecule has 0 radical (unpaired) electrons. The second kappa shape index (κ2) is 9.28. The van der Waals surface area contributed by atoms with Crippen molar-refractivity contribution in [2.45, 2.75) is 45.1 Å². The number of aryl methyl sites for hydroxylation is 1. The molecule has 11 heteroatoms. The van der Waals surface area contributed by atoms with E-state index in [0.717, 1.165) is 23.2 Å². The number of rotatable bonds is 7. The first-order valence-electron chi connectivity index (χ1n) is 11.6. The van der Waals surface area contributed by atoms with Crippen LogP contribution in [0.15, 0.2) is 36.7 Å². The van der Waals surface area contributed by atoms with Gasteiger partial charge in [-0.3, -0.25) is 0 Å². The first-order chi connectivity index (χ1) is 17.6. The second-order valence-electron chi connectivity index (χ2n) is 9.36. The number of alkyl halides is 2. The summed E-state index contributed by atoms with van der Waals surface area (Å²) >= 11 is 0. The van der Waals surface area contributed by atoms with E-state index in [9.17, 15) is 13.2 Å². The smallest absolute Gasteiger partial charge is 0.387 e. The fourth-order valence-electron chi connectivity index (χ4n) is 4.74. The first kappa shape index (κ1) is 24.4. The van der Waals surface area contributed by atoms with Crippen molar-refractivity contribution in [2.75, 3.05) is 17.7 Å². The molecule has 2 aromatic carbocycles. The summed E-state index contributed by atoms with van der Waals surface area (Å²) in [5.74, 6) is 0.691. The quantitative estimate of drug-likeness (QED) is 0.351. The summed E-state index contributed by atoms with van der Waals surface area (Å²) in [6, 6.07) is 13.2. The van der Waals surface area contributed by atoms with Crippen LogP contribution in [0.5, 0.6) is 5.75 Å². The van der Waals surface area contributed by atoms with Crippen LogP contribution < -0.4 is 15.4 Å². The zero-order valence-corrected chi connectivity index (χ0v) is 20.6. The minimum atomic E-state index is -3.03. The van der Waals surface area contributed by atoms with Gasteiger partial charge in [-0.1, -0.05) is 19.9 Å². The predicted molar refractivity (Wildman–Crippen MR) is 131 cm³/mol. The van der Waals surface area contributed by atoms with Gasteiger partial charge in [0.05, 0.1) is 5.69 Å². The Morgan fingerprint density at radius 1 is 1.16 bits per heavy atom. The van der Waals surface area contributed by atoms with Gasteiger partial charge in [0.1, 0.15) is 23.7 Å². The van der Waals surface area contributed by atoms with E-state index in [-0.39, 0.29) is 23.0 Å². The van der Waals surface area contributed by atoms with Gasteiger partial charge < -0.3 is 15.4 Å². The van der Waals surface area contributed by atoms with Crippen LogP contribution in [0, 0.1) is 24.9 Å². The summed E-state index contributed by atoms with van der Waals surface area (Å²) in [7, 11) is 1.77. The van der Waals surface area contributed by atoms with Crippen molar-refractivity contribution in [3.8, 4) is 11.4 Å². The summed E-state index contributed by atoms with van der Waals surface area (Å²) in [6.45, 7) is 2.88. The highest BCUT2D eigenvalue weighted by atomic mass is 19.3. The standard InChI is InChI=1S/C26H24F3N7O/c1-14-31-13-36(35-14)19-10-9-17(11-20(19)37-24(28)29)32-25-33-22-18(15-5-7-16(27)8-6-15)12-26(2,3)21(22)23(30-4)34-25/h5,7,9-11,13,18,24H,12H2,1-4H3,(H2,30,32,33,34). The van der Waals surface area contributed by atoms with Crippen LogP contribution in [0.2, 0.25) is 0 Å². The maximum Gasteiger partial charge on any atom is 0.387 e. The van der Waals surface area contributed by atoms with E-state index >= 15 is 0 Å². The van der Waals surface area contributed by atoms with Crippen molar-refractivity contribution in [3.63, 3.8) is 0 Å². The van der Waals surface area contributed by atoms with E-state index in [2.05, 4.69) is 51.7 Å². The molecule has 0 fully saturated rings. The summed E-state index contributed by atoms with van der Waals surface area (Å²) < 4.78 is 46.0. The zero-order chi connectivity index (χ0) is 26.3. The maximum absolute atomic E-state index is 13.5. The molecule has 2 N–H and O–H groups in total. The van der Waals surface area contributed by atoms with Crippen molar-refractivity contribution in [1.82, 2.24) is 24.7 Å². The highest BCUT2D eigenvalue weighted by Gasteiger charge is 2.42. The zero-order valence-electron chi connectivity index (χ0n) is 20.6. The van der Waals surface area contributed by atoms with Gasteiger partial charge in [0, 0.05) is 35.8 Å². The predicted octanol–water partition coefficient (Wildman–Crippen LogP) is 5.31. The molecule has 0 saturated heterocycles.